The van der Waals surface area contributed by atoms with E-state index in [4.69, 9.17) is 5.73 Å². The van der Waals surface area contributed by atoms with Gasteiger partial charge < -0.3 is 11.1 Å². The van der Waals surface area contributed by atoms with Crippen molar-refractivity contribution in [3.05, 3.63) is 0 Å². The van der Waals surface area contributed by atoms with Gasteiger partial charge in [0.05, 0.1) is 6.04 Å². The lowest BCUT2D eigenvalue weighted by Gasteiger charge is -2.40. The molecule has 3 unspecified atom stereocenters. The Morgan fingerprint density at radius 1 is 1.40 bits per heavy atom. The number of hydrogen-bond donors (Lipinski definition) is 2. The number of rotatable bonds is 5. The van der Waals surface area contributed by atoms with Crippen molar-refractivity contribution in [2.45, 2.75) is 50.9 Å². The summed E-state index contributed by atoms with van der Waals surface area (Å²) >= 11 is 0. The van der Waals surface area contributed by atoms with E-state index >= 15 is 0 Å². The first-order valence-electron chi connectivity index (χ1n) is 7.02. The van der Waals surface area contributed by atoms with Crippen molar-refractivity contribution in [1.82, 2.24) is 10.2 Å². The molecule has 1 aliphatic carbocycles. The molecule has 1 amide bonds. The van der Waals surface area contributed by atoms with E-state index in [1.54, 1.807) is 14.0 Å². The Morgan fingerprint density at radius 3 is 2.55 bits per heavy atom. The van der Waals surface area contributed by atoms with Gasteiger partial charge in [-0.15, -0.1) is 0 Å². The number of nitrogens with one attached hydrogen (secondary N) is 1. The minimum absolute atomic E-state index is 0.167. The van der Waals surface area contributed by atoms with Crippen LogP contribution >= 0.6 is 0 Å². The van der Waals surface area contributed by atoms with Gasteiger partial charge in [-0.05, 0) is 39.3 Å². The van der Waals surface area contributed by atoms with Gasteiger partial charge in [0.1, 0.15) is 6.54 Å². The summed E-state index contributed by atoms with van der Waals surface area (Å²) in [5.41, 5.74) is 5.75. The fourth-order valence-electron chi connectivity index (χ4n) is 2.81. The van der Waals surface area contributed by atoms with Gasteiger partial charge in [0.2, 0.25) is 5.91 Å². The predicted molar refractivity (Wildman–Crippen MR) is 71.1 cm³/mol. The van der Waals surface area contributed by atoms with E-state index in [9.17, 15) is 18.0 Å². The summed E-state index contributed by atoms with van der Waals surface area (Å²) in [5.74, 6) is -0.280. The lowest BCUT2D eigenvalue weighted by Crippen LogP contribution is -2.53. The van der Waals surface area contributed by atoms with Crippen LogP contribution in [0, 0.1) is 5.92 Å². The van der Waals surface area contributed by atoms with Gasteiger partial charge in [-0.3, -0.25) is 9.69 Å². The summed E-state index contributed by atoms with van der Waals surface area (Å²) in [6.07, 6.45) is -0.223. The normalized spacial score (nSPS) is 25.6. The quantitative estimate of drug-likeness (QED) is 0.808. The van der Waals surface area contributed by atoms with Crippen LogP contribution < -0.4 is 11.1 Å². The number of carbonyl (C=O) groups excluding carboxylic acids is 1. The van der Waals surface area contributed by atoms with Crippen molar-refractivity contribution < 1.29 is 18.0 Å². The van der Waals surface area contributed by atoms with Crippen LogP contribution in [0.3, 0.4) is 0 Å². The number of carbonyl (C=O) groups is 1. The molecule has 0 bridgehead atoms. The average Bonchev–Trinajstić information content (AvgIpc) is 2.42. The smallest absolute Gasteiger partial charge is 0.346 e. The van der Waals surface area contributed by atoms with Gasteiger partial charge in [0.15, 0.2) is 0 Å². The predicted octanol–water partition coefficient (Wildman–Crippen LogP) is 1.50. The molecule has 0 heterocycles. The molecular formula is C13H24F3N3O. The third kappa shape index (κ3) is 4.94. The molecule has 1 saturated carbocycles. The second-order valence-electron chi connectivity index (χ2n) is 5.52. The zero-order chi connectivity index (χ0) is 15.3. The van der Waals surface area contributed by atoms with Crippen LogP contribution in [0.4, 0.5) is 13.2 Å². The number of halogens is 3. The highest BCUT2D eigenvalue weighted by Crippen LogP contribution is 2.28. The van der Waals surface area contributed by atoms with E-state index in [1.165, 1.54) is 0 Å². The SMILES string of the molecule is CC(C(=O)NCC(F)(F)F)N(C)C1CCCCC1CN. The number of alkyl halides is 3. The fourth-order valence-corrected chi connectivity index (χ4v) is 2.81. The molecule has 0 aromatic carbocycles. The number of likely N-dealkylation sites (N-methyl/N-ethyl adjacent to an activating group) is 1. The van der Waals surface area contributed by atoms with Gasteiger partial charge in [0.25, 0.3) is 0 Å². The highest BCUT2D eigenvalue weighted by Gasteiger charge is 2.33. The van der Waals surface area contributed by atoms with Crippen LogP contribution in [0.15, 0.2) is 0 Å². The second kappa shape index (κ2) is 7.26. The molecule has 7 heteroatoms. The number of hydrogen-bond acceptors (Lipinski definition) is 3. The Kier molecular flexibility index (Phi) is 6.26. The Bertz CT molecular complexity index is 322. The maximum Gasteiger partial charge on any atom is 0.405 e. The summed E-state index contributed by atoms with van der Waals surface area (Å²) in [5, 5.41) is 1.94. The summed E-state index contributed by atoms with van der Waals surface area (Å²) in [6, 6.07) is -0.421. The highest BCUT2D eigenvalue weighted by molar-refractivity contribution is 5.81. The van der Waals surface area contributed by atoms with Gasteiger partial charge in [0, 0.05) is 6.04 Å². The highest BCUT2D eigenvalue weighted by atomic mass is 19.4. The minimum atomic E-state index is -4.38. The van der Waals surface area contributed by atoms with Crippen molar-refractivity contribution in [3.8, 4) is 0 Å². The van der Waals surface area contributed by atoms with Crippen LogP contribution in [0.2, 0.25) is 0 Å². The molecule has 20 heavy (non-hydrogen) atoms. The zero-order valence-corrected chi connectivity index (χ0v) is 12.0. The van der Waals surface area contributed by atoms with Crippen molar-refractivity contribution in [2.75, 3.05) is 20.1 Å². The van der Waals surface area contributed by atoms with Gasteiger partial charge in [-0.1, -0.05) is 12.8 Å². The molecule has 1 fully saturated rings. The summed E-state index contributed by atoms with van der Waals surface area (Å²) in [6.45, 7) is 0.898. The molecule has 4 nitrogen and oxygen atoms in total. The largest absolute Gasteiger partial charge is 0.405 e. The van der Waals surface area contributed by atoms with E-state index in [-0.39, 0.29) is 6.04 Å². The third-order valence-electron chi connectivity index (χ3n) is 4.15. The second-order valence-corrected chi connectivity index (χ2v) is 5.52. The maximum atomic E-state index is 12.1. The molecular weight excluding hydrogens is 271 g/mol. The summed E-state index contributed by atoms with van der Waals surface area (Å²) in [7, 11) is 1.79. The molecule has 3 N–H and O–H groups in total. The molecule has 0 aromatic heterocycles. The zero-order valence-electron chi connectivity index (χ0n) is 12.0. The molecule has 118 valence electrons. The average molecular weight is 295 g/mol. The first-order chi connectivity index (χ1) is 9.26. The van der Waals surface area contributed by atoms with Crippen LogP contribution in [0.5, 0.6) is 0 Å². The molecule has 1 aliphatic rings. The molecule has 1 rings (SSSR count). The molecule has 0 aromatic rings. The number of nitrogens with two attached hydrogens (primary N) is 1. The van der Waals surface area contributed by atoms with E-state index < -0.39 is 24.7 Å². The molecule has 0 spiro atoms. The summed E-state index contributed by atoms with van der Waals surface area (Å²) in [4.78, 5) is 13.6. The van der Waals surface area contributed by atoms with E-state index in [2.05, 4.69) is 0 Å². The van der Waals surface area contributed by atoms with E-state index in [0.717, 1.165) is 25.7 Å². The molecule has 0 aliphatic heterocycles. The molecule has 0 radical (unpaired) electrons. The fraction of sp³-hybridized carbons (Fsp3) is 0.923. The summed E-state index contributed by atoms with van der Waals surface area (Å²) < 4.78 is 36.3. The first kappa shape index (κ1) is 17.2. The van der Waals surface area contributed by atoms with Gasteiger partial charge in [-0.25, -0.2) is 0 Å². The monoisotopic (exact) mass is 295 g/mol. The standard InChI is InChI=1S/C13H24F3N3O/c1-9(12(20)18-8-13(14,15)16)19(2)11-6-4-3-5-10(11)7-17/h9-11H,3-8,17H2,1-2H3,(H,18,20). The van der Waals surface area contributed by atoms with Crippen LogP contribution in [0.1, 0.15) is 32.6 Å². The van der Waals surface area contributed by atoms with Crippen molar-refractivity contribution in [1.29, 1.82) is 0 Å². The lowest BCUT2D eigenvalue weighted by atomic mass is 9.83. The Labute approximate surface area is 117 Å². The lowest BCUT2D eigenvalue weighted by molar-refractivity contribution is -0.141. The van der Waals surface area contributed by atoms with Gasteiger partial charge in [-0.2, -0.15) is 13.2 Å². The van der Waals surface area contributed by atoms with Gasteiger partial charge >= 0.3 is 6.18 Å². The Balaban J connectivity index is 2.56. The van der Waals surface area contributed by atoms with Crippen molar-refractivity contribution in [3.63, 3.8) is 0 Å². The Morgan fingerprint density at radius 2 is 2.00 bits per heavy atom. The Hall–Kier alpha value is -0.820. The topological polar surface area (TPSA) is 58.4 Å². The number of nitrogens with zero attached hydrogens (tertiary/aromatic N) is 1. The van der Waals surface area contributed by atoms with E-state index in [0.29, 0.717) is 12.5 Å². The minimum Gasteiger partial charge on any atom is -0.346 e. The van der Waals surface area contributed by atoms with Crippen molar-refractivity contribution in [2.24, 2.45) is 11.7 Å². The third-order valence-corrected chi connectivity index (χ3v) is 4.15. The number of amides is 1. The van der Waals surface area contributed by atoms with Crippen LogP contribution in [0.25, 0.3) is 0 Å². The maximum absolute atomic E-state index is 12.1. The molecule has 3 atom stereocenters. The molecule has 0 saturated heterocycles. The van der Waals surface area contributed by atoms with Crippen LogP contribution in [-0.4, -0.2) is 49.2 Å². The van der Waals surface area contributed by atoms with E-state index in [1.807, 2.05) is 10.2 Å². The van der Waals surface area contributed by atoms with Crippen LogP contribution in [-0.2, 0) is 4.79 Å². The van der Waals surface area contributed by atoms with Crippen molar-refractivity contribution >= 4 is 5.91 Å². The first-order valence-corrected chi connectivity index (χ1v) is 7.02.